The Morgan fingerprint density at radius 2 is 1.91 bits per heavy atom. The van der Waals surface area contributed by atoms with Gasteiger partial charge in [-0.1, -0.05) is 12.1 Å². The molecule has 0 fully saturated rings. The molecule has 0 spiro atoms. The molecule has 2 rings (SSSR count). The number of hydrogen-bond acceptors (Lipinski definition) is 6. The maximum absolute atomic E-state index is 12.5. The molecule has 0 bridgehead atoms. The molecule has 0 amide bonds. The van der Waals surface area contributed by atoms with Gasteiger partial charge in [0.25, 0.3) is 5.56 Å². The van der Waals surface area contributed by atoms with Crippen LogP contribution in [0.3, 0.4) is 0 Å². The fraction of sp³-hybridized carbons (Fsp3) is 0.524. The summed E-state index contributed by atoms with van der Waals surface area (Å²) in [6, 6.07) is 6.97. The smallest absolute Gasteiger partial charge is 0.389 e. The second-order valence-electron chi connectivity index (χ2n) is 8.03. The Morgan fingerprint density at radius 3 is 2.55 bits per heavy atom. The van der Waals surface area contributed by atoms with Gasteiger partial charge in [0.1, 0.15) is 5.75 Å². The first-order valence-corrected chi connectivity index (χ1v) is 10.3. The molecular weight excluding hydrogens is 445 g/mol. The van der Waals surface area contributed by atoms with Crippen LogP contribution in [0.1, 0.15) is 38.7 Å². The number of carbonyl (C=O) groups is 1. The molecular formula is C21H27F3N4O5. The fourth-order valence-electron chi connectivity index (χ4n) is 2.97. The number of benzene rings is 1. The van der Waals surface area contributed by atoms with E-state index in [-0.39, 0.29) is 18.8 Å². The molecule has 9 nitrogen and oxygen atoms in total. The van der Waals surface area contributed by atoms with Gasteiger partial charge in [0.2, 0.25) is 5.82 Å². The zero-order valence-electron chi connectivity index (χ0n) is 18.6. The van der Waals surface area contributed by atoms with Gasteiger partial charge in [-0.15, -0.1) is 5.10 Å². The lowest BCUT2D eigenvalue weighted by Gasteiger charge is -2.21. The lowest BCUT2D eigenvalue weighted by atomic mass is 10.1. The zero-order valence-corrected chi connectivity index (χ0v) is 18.6. The minimum absolute atomic E-state index is 0.121. The van der Waals surface area contributed by atoms with E-state index in [9.17, 15) is 32.7 Å². The van der Waals surface area contributed by atoms with Crippen molar-refractivity contribution in [1.29, 1.82) is 0 Å². The van der Waals surface area contributed by atoms with Gasteiger partial charge < -0.3 is 15.2 Å². The molecule has 0 aliphatic carbocycles. The van der Waals surface area contributed by atoms with Crippen LogP contribution in [0, 0.1) is 0 Å². The van der Waals surface area contributed by atoms with Crippen molar-refractivity contribution in [3.8, 4) is 5.75 Å². The minimum atomic E-state index is -4.37. The molecule has 0 unspecified atom stereocenters. The summed E-state index contributed by atoms with van der Waals surface area (Å²) in [6.07, 6.45) is -4.72. The van der Waals surface area contributed by atoms with E-state index in [1.165, 1.54) is 20.9 Å². The van der Waals surface area contributed by atoms with Gasteiger partial charge in [-0.3, -0.25) is 9.36 Å². The number of nitrogens with zero attached hydrogens (tertiary/aromatic N) is 3. The van der Waals surface area contributed by atoms with E-state index < -0.39 is 35.4 Å². The van der Waals surface area contributed by atoms with Crippen LogP contribution in [0.25, 0.3) is 0 Å². The topological polar surface area (TPSA) is 115 Å². The van der Waals surface area contributed by atoms with Crippen LogP contribution in [-0.2, 0) is 24.8 Å². The molecule has 33 heavy (non-hydrogen) atoms. The summed E-state index contributed by atoms with van der Waals surface area (Å²) < 4.78 is 44.3. The summed E-state index contributed by atoms with van der Waals surface area (Å²) in [7, 11) is 1.32. The van der Waals surface area contributed by atoms with Gasteiger partial charge >= 0.3 is 17.8 Å². The van der Waals surface area contributed by atoms with E-state index in [1.807, 2.05) is 6.07 Å². The molecule has 182 valence electrons. The molecule has 1 aromatic carbocycles. The largest absolute Gasteiger partial charge is 0.478 e. The number of aromatic nitrogens is 3. The Labute approximate surface area is 187 Å². The Hall–Kier alpha value is -3.31. The van der Waals surface area contributed by atoms with Crippen LogP contribution in [0.4, 0.5) is 19.0 Å². The van der Waals surface area contributed by atoms with Crippen molar-refractivity contribution < 1.29 is 27.8 Å². The highest BCUT2D eigenvalue weighted by molar-refractivity contribution is 5.76. The first-order valence-electron chi connectivity index (χ1n) is 10.3. The number of aliphatic carboxylic acids is 1. The van der Waals surface area contributed by atoms with Gasteiger partial charge in [-0.2, -0.15) is 13.2 Å². The molecule has 0 saturated heterocycles. The summed E-state index contributed by atoms with van der Waals surface area (Å²) in [6.45, 7) is 2.85. The van der Waals surface area contributed by atoms with E-state index in [1.54, 1.807) is 18.2 Å². The molecule has 0 aliphatic heterocycles. The van der Waals surface area contributed by atoms with Crippen molar-refractivity contribution >= 4 is 11.8 Å². The second-order valence-corrected chi connectivity index (χ2v) is 8.03. The molecule has 2 aromatic rings. The Morgan fingerprint density at radius 1 is 1.21 bits per heavy atom. The lowest BCUT2D eigenvalue weighted by molar-refractivity contribution is -0.152. The molecule has 2 N–H and O–H groups in total. The number of halogens is 3. The lowest BCUT2D eigenvalue weighted by Crippen LogP contribution is -2.42. The van der Waals surface area contributed by atoms with Crippen LogP contribution in [-0.4, -0.2) is 43.7 Å². The van der Waals surface area contributed by atoms with Crippen molar-refractivity contribution in [2.75, 3.05) is 11.9 Å². The third kappa shape index (κ3) is 7.65. The van der Waals surface area contributed by atoms with Crippen LogP contribution < -0.4 is 21.3 Å². The highest BCUT2D eigenvalue weighted by Crippen LogP contribution is 2.22. The Balaban J connectivity index is 1.98. The summed E-state index contributed by atoms with van der Waals surface area (Å²) in [5.41, 5.74) is -2.05. The molecule has 0 atom stereocenters. The molecule has 0 radical (unpaired) electrons. The summed E-state index contributed by atoms with van der Waals surface area (Å²) >= 11 is 0. The molecule has 1 heterocycles. The first-order chi connectivity index (χ1) is 15.3. The maximum atomic E-state index is 12.5. The minimum Gasteiger partial charge on any atom is -0.478 e. The monoisotopic (exact) mass is 472 g/mol. The highest BCUT2D eigenvalue weighted by atomic mass is 19.4. The average molecular weight is 472 g/mol. The molecule has 0 saturated carbocycles. The molecule has 12 heteroatoms. The fourth-order valence-corrected chi connectivity index (χ4v) is 2.97. The van der Waals surface area contributed by atoms with E-state index >= 15 is 0 Å². The van der Waals surface area contributed by atoms with Crippen LogP contribution in [0.5, 0.6) is 5.75 Å². The van der Waals surface area contributed by atoms with Crippen molar-refractivity contribution in [2.24, 2.45) is 7.05 Å². The third-order valence-corrected chi connectivity index (χ3v) is 4.77. The van der Waals surface area contributed by atoms with Crippen LogP contribution in [0.15, 0.2) is 33.9 Å². The van der Waals surface area contributed by atoms with Gasteiger partial charge in [0.05, 0.1) is 0 Å². The Kier molecular flexibility index (Phi) is 8.29. The molecule has 0 aliphatic rings. The van der Waals surface area contributed by atoms with Crippen molar-refractivity contribution in [3.05, 3.63) is 50.7 Å². The predicted molar refractivity (Wildman–Crippen MR) is 115 cm³/mol. The third-order valence-electron chi connectivity index (χ3n) is 4.77. The second kappa shape index (κ2) is 10.5. The number of carboxylic acids is 1. The van der Waals surface area contributed by atoms with Crippen LogP contribution >= 0.6 is 0 Å². The molecule has 1 aromatic heterocycles. The number of carboxylic acid groups (broad SMARTS) is 1. The van der Waals surface area contributed by atoms with Crippen molar-refractivity contribution in [2.45, 2.75) is 57.9 Å². The quantitative estimate of drug-likeness (QED) is 0.483. The van der Waals surface area contributed by atoms with E-state index in [4.69, 9.17) is 4.74 Å². The highest BCUT2D eigenvalue weighted by Gasteiger charge is 2.29. The number of nitrogens with one attached hydrogen (secondary N) is 1. The van der Waals surface area contributed by atoms with Gasteiger partial charge in [0, 0.05) is 26.6 Å². The van der Waals surface area contributed by atoms with E-state index in [0.717, 1.165) is 14.8 Å². The number of hydrogen-bond donors (Lipinski definition) is 2. The Bertz CT molecular complexity index is 1090. The summed E-state index contributed by atoms with van der Waals surface area (Å²) in [5, 5.41) is 15.9. The maximum Gasteiger partial charge on any atom is 0.389 e. The summed E-state index contributed by atoms with van der Waals surface area (Å²) in [4.78, 5) is 35.8. The van der Waals surface area contributed by atoms with Crippen LogP contribution in [0.2, 0.25) is 0 Å². The number of ether oxygens (including phenoxy) is 1. The standard InChI is InChI=1S/C21H27F3N4O5/c1-20(2,18(30)31)33-15-9-4-7-14(13-15)8-5-11-25-16-17(29)28(19(32)27(3)26-16)12-6-10-21(22,23)24/h4,7,9,13H,5-6,8,10-12H2,1-3H3,(H,25,26)(H,30,31). The van der Waals surface area contributed by atoms with Gasteiger partial charge in [-0.05, 0) is 50.8 Å². The number of alkyl halides is 3. The zero-order chi connectivity index (χ0) is 24.8. The van der Waals surface area contributed by atoms with Gasteiger partial charge in [-0.25, -0.2) is 14.3 Å². The average Bonchev–Trinajstić information content (AvgIpc) is 2.70. The van der Waals surface area contributed by atoms with E-state index in [0.29, 0.717) is 25.1 Å². The number of aryl methyl sites for hydroxylation is 2. The van der Waals surface area contributed by atoms with E-state index in [2.05, 4.69) is 10.4 Å². The number of anilines is 1. The van der Waals surface area contributed by atoms with Crippen molar-refractivity contribution in [1.82, 2.24) is 14.3 Å². The first kappa shape index (κ1) is 25.9. The van der Waals surface area contributed by atoms with Gasteiger partial charge in [0.15, 0.2) is 5.60 Å². The normalized spacial score (nSPS) is 11.9. The predicted octanol–water partition coefficient (Wildman–Crippen LogP) is 2.57. The summed E-state index contributed by atoms with van der Waals surface area (Å²) in [5.74, 6) is -0.801. The number of rotatable bonds is 11. The van der Waals surface area contributed by atoms with Crippen molar-refractivity contribution in [3.63, 3.8) is 0 Å². The SMILES string of the molecule is Cn1nc(NCCCc2cccc(OC(C)(C)C(=O)O)c2)c(=O)n(CCCC(F)(F)F)c1=O.